The molecule has 0 aromatic carbocycles. The van der Waals surface area contributed by atoms with Crippen molar-refractivity contribution in [3.05, 3.63) is 0 Å². The van der Waals surface area contributed by atoms with Crippen LogP contribution >= 0.6 is 35.3 Å². The first-order valence-corrected chi connectivity index (χ1v) is 14.3. The quantitative estimate of drug-likeness (QED) is 0.149. The van der Waals surface area contributed by atoms with E-state index >= 15 is 0 Å². The average molecular weight is 513 g/mol. The third-order valence-electron chi connectivity index (χ3n) is 4.50. The molecule has 0 aromatic heterocycles. The highest BCUT2D eigenvalue weighted by atomic mass is 32.2. The van der Waals surface area contributed by atoms with Gasteiger partial charge in [-0.15, -0.1) is 0 Å². The molecule has 0 heterocycles. The van der Waals surface area contributed by atoms with E-state index in [1.807, 2.05) is 18.8 Å². The Kier molecular flexibility index (Phi) is 16.7. The van der Waals surface area contributed by atoms with E-state index in [2.05, 4.69) is 16.0 Å². The minimum absolute atomic E-state index is 0.251. The van der Waals surface area contributed by atoms with Gasteiger partial charge in [0, 0.05) is 0 Å². The minimum Gasteiger partial charge on any atom is -0.480 e. The fraction of sp³-hybridized carbons (Fsp3) is 0.789. The molecule has 0 saturated heterocycles. The van der Waals surface area contributed by atoms with E-state index in [9.17, 15) is 29.4 Å². The minimum atomic E-state index is -1.50. The summed E-state index contributed by atoms with van der Waals surface area (Å²) in [5.41, 5.74) is 5.90. The van der Waals surface area contributed by atoms with Crippen LogP contribution in [0.1, 0.15) is 26.2 Å². The molecule has 0 saturated carbocycles. The molecule has 10 nitrogen and oxygen atoms in total. The molecule has 0 aliphatic carbocycles. The number of aliphatic hydroxyl groups is 1. The van der Waals surface area contributed by atoms with E-state index in [4.69, 9.17) is 5.73 Å². The van der Waals surface area contributed by atoms with Gasteiger partial charge in [0.15, 0.2) is 6.04 Å². The maximum Gasteiger partial charge on any atom is 0.328 e. The van der Waals surface area contributed by atoms with Crippen LogP contribution in [-0.2, 0) is 19.2 Å². The summed E-state index contributed by atoms with van der Waals surface area (Å²) in [5, 5.41) is 26.4. The van der Waals surface area contributed by atoms with E-state index in [0.29, 0.717) is 30.1 Å². The van der Waals surface area contributed by atoms with Crippen molar-refractivity contribution in [1.29, 1.82) is 0 Å². The standard InChI is InChI=1S/C19H36N4O6S3/c1-11(24)15(19(28)29)23-18(27)14(7-10-32-4)22-17(26)13(6-9-31-3)21-16(25)12(20)5-8-30-2/h11-15,24H,5-10,20H2,1-4H3,(H,21,25)(H,22,26)(H,23,27)(H,28,29). The Hall–Kier alpha value is -1.15. The molecule has 3 amide bonds. The Morgan fingerprint density at radius 3 is 1.59 bits per heavy atom. The Morgan fingerprint density at radius 2 is 1.19 bits per heavy atom. The van der Waals surface area contributed by atoms with E-state index < -0.39 is 54.0 Å². The van der Waals surface area contributed by atoms with Gasteiger partial charge in [-0.05, 0) is 62.2 Å². The summed E-state index contributed by atoms with van der Waals surface area (Å²) in [6.07, 6.45) is 5.37. The molecule has 0 bridgehead atoms. The second kappa shape index (κ2) is 17.3. The van der Waals surface area contributed by atoms with Gasteiger partial charge >= 0.3 is 5.97 Å². The SMILES string of the molecule is CSCCC(N)C(=O)NC(CCSC)C(=O)NC(CCSC)C(=O)NC(C(=O)O)C(C)O. The van der Waals surface area contributed by atoms with Gasteiger partial charge in [-0.1, -0.05) is 0 Å². The summed E-state index contributed by atoms with van der Waals surface area (Å²) >= 11 is 4.54. The van der Waals surface area contributed by atoms with Gasteiger partial charge < -0.3 is 31.9 Å². The number of thioether (sulfide) groups is 3. The van der Waals surface area contributed by atoms with Crippen molar-refractivity contribution in [2.75, 3.05) is 36.0 Å². The smallest absolute Gasteiger partial charge is 0.328 e. The number of aliphatic carboxylic acids is 1. The number of carboxylic acids is 1. The lowest BCUT2D eigenvalue weighted by atomic mass is 10.1. The predicted molar refractivity (Wildman–Crippen MR) is 132 cm³/mol. The van der Waals surface area contributed by atoms with Crippen LogP contribution in [-0.4, -0.2) is 100 Å². The highest BCUT2D eigenvalue weighted by Gasteiger charge is 2.31. The molecule has 0 aliphatic rings. The van der Waals surface area contributed by atoms with Gasteiger partial charge in [0.25, 0.3) is 0 Å². The van der Waals surface area contributed by atoms with Crippen molar-refractivity contribution in [2.24, 2.45) is 5.73 Å². The summed E-state index contributed by atoms with van der Waals surface area (Å²) in [6.45, 7) is 1.25. The number of hydrogen-bond acceptors (Lipinski definition) is 9. The van der Waals surface area contributed by atoms with E-state index in [1.165, 1.54) is 30.4 Å². The molecule has 5 unspecified atom stereocenters. The lowest BCUT2D eigenvalue weighted by Crippen LogP contribution is -2.58. The fourth-order valence-electron chi connectivity index (χ4n) is 2.58. The molecule has 0 aliphatic heterocycles. The molecule has 0 radical (unpaired) electrons. The van der Waals surface area contributed by atoms with Crippen LogP contribution in [0, 0.1) is 0 Å². The highest BCUT2D eigenvalue weighted by molar-refractivity contribution is 7.98. The first-order chi connectivity index (χ1) is 15.1. The second-order valence-electron chi connectivity index (χ2n) is 7.14. The monoisotopic (exact) mass is 512 g/mol. The lowest BCUT2D eigenvalue weighted by Gasteiger charge is -2.25. The molecular formula is C19H36N4O6S3. The first-order valence-electron chi connectivity index (χ1n) is 10.1. The van der Waals surface area contributed by atoms with E-state index in [1.54, 1.807) is 11.8 Å². The number of rotatable bonds is 17. The van der Waals surface area contributed by atoms with Gasteiger partial charge in [0.05, 0.1) is 12.1 Å². The number of carbonyl (C=O) groups excluding carboxylic acids is 3. The van der Waals surface area contributed by atoms with Gasteiger partial charge in [-0.2, -0.15) is 35.3 Å². The first kappa shape index (κ1) is 30.9. The molecule has 5 atom stereocenters. The number of hydrogen-bond donors (Lipinski definition) is 6. The maximum atomic E-state index is 12.9. The third kappa shape index (κ3) is 12.2. The molecule has 13 heteroatoms. The summed E-state index contributed by atoms with van der Waals surface area (Å²) in [4.78, 5) is 49.3. The number of aliphatic hydroxyl groups excluding tert-OH is 1. The number of amides is 3. The molecule has 0 aromatic rings. The highest BCUT2D eigenvalue weighted by Crippen LogP contribution is 2.07. The van der Waals surface area contributed by atoms with Gasteiger partial charge in [0.1, 0.15) is 12.1 Å². The zero-order valence-corrected chi connectivity index (χ0v) is 21.4. The third-order valence-corrected chi connectivity index (χ3v) is 6.44. The predicted octanol–water partition coefficient (Wildman–Crippen LogP) is -0.507. The van der Waals surface area contributed by atoms with Crippen LogP contribution in [0.25, 0.3) is 0 Å². The largest absolute Gasteiger partial charge is 0.480 e. The van der Waals surface area contributed by atoms with Gasteiger partial charge in [0.2, 0.25) is 17.7 Å². The van der Waals surface area contributed by atoms with Gasteiger partial charge in [-0.3, -0.25) is 14.4 Å². The summed E-state index contributed by atoms with van der Waals surface area (Å²) in [7, 11) is 0. The van der Waals surface area contributed by atoms with E-state index in [0.717, 1.165) is 0 Å². The van der Waals surface area contributed by atoms with Crippen LogP contribution in [0.15, 0.2) is 0 Å². The number of carboxylic acid groups (broad SMARTS) is 1. The number of nitrogens with one attached hydrogen (secondary N) is 3. The summed E-state index contributed by atoms with van der Waals surface area (Å²) < 4.78 is 0. The Labute approximate surface area is 202 Å². The summed E-state index contributed by atoms with van der Waals surface area (Å²) in [6, 6.07) is -4.15. The molecule has 0 rings (SSSR count). The molecule has 186 valence electrons. The van der Waals surface area contributed by atoms with Crippen molar-refractivity contribution in [1.82, 2.24) is 16.0 Å². The van der Waals surface area contributed by atoms with Crippen molar-refractivity contribution >= 4 is 59.0 Å². The van der Waals surface area contributed by atoms with Crippen LogP contribution in [0.3, 0.4) is 0 Å². The molecule has 0 spiro atoms. The van der Waals surface area contributed by atoms with Crippen LogP contribution < -0.4 is 21.7 Å². The van der Waals surface area contributed by atoms with E-state index in [-0.39, 0.29) is 6.42 Å². The lowest BCUT2D eigenvalue weighted by molar-refractivity contribution is -0.145. The zero-order valence-electron chi connectivity index (χ0n) is 19.0. The number of nitrogens with two attached hydrogens (primary N) is 1. The number of carbonyl (C=O) groups is 4. The molecular weight excluding hydrogens is 476 g/mol. The molecule has 32 heavy (non-hydrogen) atoms. The Morgan fingerprint density at radius 1 is 0.781 bits per heavy atom. The van der Waals surface area contributed by atoms with Crippen molar-refractivity contribution < 1.29 is 29.4 Å². The average Bonchev–Trinajstić information content (AvgIpc) is 2.74. The molecule has 0 fully saturated rings. The van der Waals surface area contributed by atoms with Crippen molar-refractivity contribution in [3.63, 3.8) is 0 Å². The van der Waals surface area contributed by atoms with Crippen LogP contribution in [0.5, 0.6) is 0 Å². The Bertz CT molecular complexity index is 612. The second-order valence-corrected chi connectivity index (χ2v) is 10.1. The van der Waals surface area contributed by atoms with Crippen LogP contribution in [0.4, 0.5) is 0 Å². The fourth-order valence-corrected chi connectivity index (χ4v) is 4.01. The topological polar surface area (TPSA) is 171 Å². The normalized spacial score (nSPS) is 15.7. The van der Waals surface area contributed by atoms with Crippen molar-refractivity contribution in [2.45, 2.75) is 56.5 Å². The molecule has 7 N–H and O–H groups in total. The van der Waals surface area contributed by atoms with Gasteiger partial charge in [-0.25, -0.2) is 4.79 Å². The Balaban J connectivity index is 5.35. The summed E-state index contributed by atoms with van der Waals surface area (Å²) in [5.74, 6) is -1.24. The van der Waals surface area contributed by atoms with Crippen LogP contribution in [0.2, 0.25) is 0 Å². The van der Waals surface area contributed by atoms with Crippen molar-refractivity contribution in [3.8, 4) is 0 Å². The zero-order chi connectivity index (χ0) is 24.7. The maximum absolute atomic E-state index is 12.9.